The molecule has 1 saturated heterocycles. The van der Waals surface area contributed by atoms with E-state index in [1.165, 1.54) is 0 Å². The molecule has 7 heteroatoms. The molecule has 3 rings (SSSR count). The van der Waals surface area contributed by atoms with Crippen LogP contribution in [0.25, 0.3) is 0 Å². The summed E-state index contributed by atoms with van der Waals surface area (Å²) in [7, 11) is 0. The normalized spacial score (nSPS) is 15.4. The fraction of sp³-hybridized carbons (Fsp3) is 0.353. The van der Waals surface area contributed by atoms with Crippen molar-refractivity contribution in [3.05, 3.63) is 46.2 Å². The minimum absolute atomic E-state index is 0.0241. The number of hydrogen-bond donors (Lipinski definition) is 1. The van der Waals surface area contributed by atoms with E-state index in [1.807, 2.05) is 13.0 Å². The molecule has 0 aliphatic carbocycles. The molecule has 1 fully saturated rings. The zero-order chi connectivity index (χ0) is 17.1. The summed E-state index contributed by atoms with van der Waals surface area (Å²) >= 11 is 12.1. The van der Waals surface area contributed by atoms with Crippen LogP contribution in [-0.2, 0) is 4.79 Å². The molecule has 1 N–H and O–H groups in total. The summed E-state index contributed by atoms with van der Waals surface area (Å²) in [6, 6.07) is 7.08. The van der Waals surface area contributed by atoms with Gasteiger partial charge in [-0.2, -0.15) is 0 Å². The van der Waals surface area contributed by atoms with Crippen LogP contribution in [0.3, 0.4) is 0 Å². The fourth-order valence-corrected chi connectivity index (χ4v) is 3.11. The van der Waals surface area contributed by atoms with Gasteiger partial charge in [-0.1, -0.05) is 29.3 Å². The Labute approximate surface area is 151 Å². The van der Waals surface area contributed by atoms with E-state index in [0.29, 0.717) is 15.7 Å². The van der Waals surface area contributed by atoms with E-state index in [9.17, 15) is 4.79 Å². The number of halogens is 2. The van der Waals surface area contributed by atoms with Gasteiger partial charge in [-0.25, -0.2) is 9.97 Å². The zero-order valence-electron chi connectivity index (χ0n) is 13.3. The Kier molecular flexibility index (Phi) is 5.21. The Morgan fingerprint density at radius 1 is 1.25 bits per heavy atom. The first-order chi connectivity index (χ1) is 11.5. The molecule has 2 aromatic rings. The van der Waals surface area contributed by atoms with Crippen molar-refractivity contribution in [2.24, 2.45) is 5.92 Å². The van der Waals surface area contributed by atoms with Gasteiger partial charge in [-0.3, -0.25) is 4.79 Å². The highest BCUT2D eigenvalue weighted by molar-refractivity contribution is 6.44. The van der Waals surface area contributed by atoms with Crippen LogP contribution in [0.4, 0.5) is 11.6 Å². The predicted octanol–water partition coefficient (Wildman–Crippen LogP) is 3.95. The van der Waals surface area contributed by atoms with E-state index < -0.39 is 0 Å². The maximum absolute atomic E-state index is 12.5. The zero-order valence-corrected chi connectivity index (χ0v) is 14.8. The summed E-state index contributed by atoms with van der Waals surface area (Å²) in [5.74, 6) is 0.650. The standard InChI is InChI=1S/C17H18Cl2N4O/c1-11-5-8-20-17(21-11)23-9-6-12(7-10-23)16(24)22-14-4-2-3-13(18)15(14)19/h2-5,8,12H,6-7,9-10H2,1H3,(H,22,24). The van der Waals surface area contributed by atoms with Gasteiger partial charge < -0.3 is 10.2 Å². The lowest BCUT2D eigenvalue weighted by Crippen LogP contribution is -2.39. The van der Waals surface area contributed by atoms with Crippen LogP contribution in [0.1, 0.15) is 18.5 Å². The van der Waals surface area contributed by atoms with Crippen molar-refractivity contribution < 1.29 is 4.79 Å². The average Bonchev–Trinajstić information content (AvgIpc) is 2.59. The number of aryl methyl sites for hydroxylation is 1. The van der Waals surface area contributed by atoms with E-state index in [2.05, 4.69) is 20.2 Å². The second kappa shape index (κ2) is 7.36. The molecule has 1 amide bonds. The van der Waals surface area contributed by atoms with Crippen molar-refractivity contribution in [1.82, 2.24) is 9.97 Å². The monoisotopic (exact) mass is 364 g/mol. The smallest absolute Gasteiger partial charge is 0.227 e. The van der Waals surface area contributed by atoms with E-state index in [0.717, 1.165) is 37.6 Å². The molecule has 126 valence electrons. The summed E-state index contributed by atoms with van der Waals surface area (Å²) in [6.07, 6.45) is 3.26. The molecule has 0 saturated carbocycles. The maximum atomic E-state index is 12.5. The molecule has 5 nitrogen and oxygen atoms in total. The molecule has 1 aromatic carbocycles. The van der Waals surface area contributed by atoms with Gasteiger partial charge in [0.2, 0.25) is 11.9 Å². The Balaban J connectivity index is 1.60. The lowest BCUT2D eigenvalue weighted by atomic mass is 9.96. The number of carbonyl (C=O) groups excluding carboxylic acids is 1. The highest BCUT2D eigenvalue weighted by Gasteiger charge is 2.26. The molecule has 1 aliphatic heterocycles. The summed E-state index contributed by atoms with van der Waals surface area (Å²) < 4.78 is 0. The van der Waals surface area contributed by atoms with E-state index in [1.54, 1.807) is 24.4 Å². The first-order valence-electron chi connectivity index (χ1n) is 7.84. The van der Waals surface area contributed by atoms with Gasteiger partial charge in [-0.05, 0) is 38.0 Å². The van der Waals surface area contributed by atoms with E-state index in [-0.39, 0.29) is 11.8 Å². The first kappa shape index (κ1) is 17.0. The largest absolute Gasteiger partial charge is 0.341 e. The van der Waals surface area contributed by atoms with Crippen LogP contribution in [0.5, 0.6) is 0 Å². The SMILES string of the molecule is Cc1ccnc(N2CCC(C(=O)Nc3cccc(Cl)c3Cl)CC2)n1. The summed E-state index contributed by atoms with van der Waals surface area (Å²) in [5, 5.41) is 3.68. The quantitative estimate of drug-likeness (QED) is 0.895. The minimum Gasteiger partial charge on any atom is -0.341 e. The average molecular weight is 365 g/mol. The Hall–Kier alpha value is -1.85. The van der Waals surface area contributed by atoms with E-state index in [4.69, 9.17) is 23.2 Å². The lowest BCUT2D eigenvalue weighted by Gasteiger charge is -2.31. The topological polar surface area (TPSA) is 58.1 Å². The second-order valence-electron chi connectivity index (χ2n) is 5.85. The molecule has 1 aromatic heterocycles. The van der Waals surface area contributed by atoms with Crippen LogP contribution in [0.2, 0.25) is 10.0 Å². The van der Waals surface area contributed by atoms with Crippen molar-refractivity contribution >= 4 is 40.7 Å². The molecular formula is C17H18Cl2N4O. The number of aromatic nitrogens is 2. The number of nitrogens with zero attached hydrogens (tertiary/aromatic N) is 3. The van der Waals surface area contributed by atoms with Crippen molar-refractivity contribution in [3.63, 3.8) is 0 Å². The second-order valence-corrected chi connectivity index (χ2v) is 6.64. The van der Waals surface area contributed by atoms with Gasteiger partial charge in [-0.15, -0.1) is 0 Å². The number of amides is 1. The first-order valence-corrected chi connectivity index (χ1v) is 8.59. The van der Waals surface area contributed by atoms with Crippen LogP contribution >= 0.6 is 23.2 Å². The van der Waals surface area contributed by atoms with Crippen LogP contribution < -0.4 is 10.2 Å². The molecule has 24 heavy (non-hydrogen) atoms. The van der Waals surface area contributed by atoms with Crippen molar-refractivity contribution in [1.29, 1.82) is 0 Å². The molecule has 0 bridgehead atoms. The van der Waals surface area contributed by atoms with Gasteiger partial charge in [0.15, 0.2) is 0 Å². The third-order valence-corrected chi connectivity index (χ3v) is 4.96. The number of anilines is 2. The summed E-state index contributed by atoms with van der Waals surface area (Å²) in [6.45, 7) is 3.45. The minimum atomic E-state index is -0.0545. The highest BCUT2D eigenvalue weighted by atomic mass is 35.5. The maximum Gasteiger partial charge on any atom is 0.227 e. The lowest BCUT2D eigenvalue weighted by molar-refractivity contribution is -0.120. The number of piperidine rings is 1. The molecule has 0 spiro atoms. The third-order valence-electron chi connectivity index (χ3n) is 4.14. The third kappa shape index (κ3) is 3.79. The number of nitrogens with one attached hydrogen (secondary N) is 1. The van der Waals surface area contributed by atoms with Gasteiger partial charge >= 0.3 is 0 Å². The Morgan fingerprint density at radius 2 is 2.00 bits per heavy atom. The summed E-state index contributed by atoms with van der Waals surface area (Å²) in [4.78, 5) is 23.3. The van der Waals surface area contributed by atoms with Crippen LogP contribution in [-0.4, -0.2) is 29.0 Å². The Bertz CT molecular complexity index is 745. The number of hydrogen-bond acceptors (Lipinski definition) is 4. The van der Waals surface area contributed by atoms with Gasteiger partial charge in [0, 0.05) is 30.9 Å². The fourth-order valence-electron chi connectivity index (χ4n) is 2.76. The molecule has 1 aliphatic rings. The number of rotatable bonds is 3. The molecular weight excluding hydrogens is 347 g/mol. The molecule has 0 unspecified atom stereocenters. The van der Waals surface area contributed by atoms with Gasteiger partial charge in [0.25, 0.3) is 0 Å². The predicted molar refractivity (Wildman–Crippen MR) is 96.8 cm³/mol. The van der Waals surface area contributed by atoms with Crippen molar-refractivity contribution in [2.75, 3.05) is 23.3 Å². The van der Waals surface area contributed by atoms with E-state index >= 15 is 0 Å². The molecule has 0 radical (unpaired) electrons. The van der Waals surface area contributed by atoms with Crippen molar-refractivity contribution in [2.45, 2.75) is 19.8 Å². The molecule has 2 heterocycles. The van der Waals surface area contributed by atoms with Crippen LogP contribution in [0, 0.1) is 12.8 Å². The summed E-state index contributed by atoms with van der Waals surface area (Å²) in [5.41, 5.74) is 1.49. The number of benzene rings is 1. The van der Waals surface area contributed by atoms with Gasteiger partial charge in [0.05, 0.1) is 15.7 Å². The Morgan fingerprint density at radius 3 is 2.71 bits per heavy atom. The molecule has 0 atom stereocenters. The highest BCUT2D eigenvalue weighted by Crippen LogP contribution is 2.30. The van der Waals surface area contributed by atoms with Crippen LogP contribution in [0.15, 0.2) is 30.5 Å². The van der Waals surface area contributed by atoms with Crippen molar-refractivity contribution in [3.8, 4) is 0 Å². The van der Waals surface area contributed by atoms with Gasteiger partial charge in [0.1, 0.15) is 0 Å². The number of carbonyl (C=O) groups is 1.